The normalized spacial score (nSPS) is 8.67. The van der Waals surface area contributed by atoms with Crippen molar-refractivity contribution in [3.05, 3.63) is 29.1 Å². The monoisotopic (exact) mass is 240 g/mol. The molecule has 0 N–H and O–H groups in total. The van der Waals surface area contributed by atoms with E-state index in [0.29, 0.717) is 0 Å². The molecule has 15 heavy (non-hydrogen) atoms. The van der Waals surface area contributed by atoms with Gasteiger partial charge in [-0.1, -0.05) is 27.7 Å². The topological polar surface area (TPSA) is 0 Å². The van der Waals surface area contributed by atoms with Gasteiger partial charge in [-0.2, -0.15) is 0 Å². The lowest BCUT2D eigenvalue weighted by atomic mass is 10.2. The van der Waals surface area contributed by atoms with Crippen LogP contribution in [0.1, 0.15) is 32.6 Å². The summed E-state index contributed by atoms with van der Waals surface area (Å²) in [6, 6.07) is 8.44. The Morgan fingerprint density at radius 1 is 1.00 bits per heavy atom. The van der Waals surface area contributed by atoms with Crippen molar-refractivity contribution in [1.82, 2.24) is 0 Å². The molecule has 0 saturated heterocycles. The standard InChI is InChI=1S/C9H8S2.2C2H6/c1-6-4-7-5-8(10)2-3-9(7)11-6;2*1-2/h2-5,10H,1H3;2*1-2H3. The first-order chi connectivity index (χ1) is 7.25. The van der Waals surface area contributed by atoms with E-state index in [2.05, 4.69) is 37.8 Å². The molecule has 1 aromatic heterocycles. The van der Waals surface area contributed by atoms with Crippen molar-refractivity contribution in [2.75, 3.05) is 0 Å². The number of thiol groups is 1. The Balaban J connectivity index is 0.000000442. The highest BCUT2D eigenvalue weighted by Crippen LogP contribution is 2.26. The van der Waals surface area contributed by atoms with Gasteiger partial charge < -0.3 is 0 Å². The van der Waals surface area contributed by atoms with Crippen molar-refractivity contribution >= 4 is 34.1 Å². The maximum atomic E-state index is 4.27. The summed E-state index contributed by atoms with van der Waals surface area (Å²) in [4.78, 5) is 2.40. The van der Waals surface area contributed by atoms with Crippen LogP contribution in [0.3, 0.4) is 0 Å². The van der Waals surface area contributed by atoms with Crippen LogP contribution in [0.25, 0.3) is 10.1 Å². The summed E-state index contributed by atoms with van der Waals surface area (Å²) in [7, 11) is 0. The van der Waals surface area contributed by atoms with Crippen molar-refractivity contribution in [2.45, 2.75) is 39.5 Å². The van der Waals surface area contributed by atoms with Gasteiger partial charge in [-0.25, -0.2) is 0 Å². The predicted octanol–water partition coefficient (Wildman–Crippen LogP) is 5.55. The molecule has 2 heteroatoms. The maximum Gasteiger partial charge on any atom is 0.0346 e. The highest BCUT2D eigenvalue weighted by Gasteiger charge is 1.96. The zero-order chi connectivity index (χ0) is 11.8. The molecule has 1 aromatic carbocycles. The third-order valence-electron chi connectivity index (χ3n) is 1.62. The van der Waals surface area contributed by atoms with Crippen LogP contribution in [-0.2, 0) is 0 Å². The zero-order valence-corrected chi connectivity index (χ0v) is 11.9. The highest BCUT2D eigenvalue weighted by molar-refractivity contribution is 7.80. The van der Waals surface area contributed by atoms with Crippen molar-refractivity contribution in [3.63, 3.8) is 0 Å². The van der Waals surface area contributed by atoms with Crippen molar-refractivity contribution in [3.8, 4) is 0 Å². The van der Waals surface area contributed by atoms with Gasteiger partial charge in [-0.05, 0) is 36.6 Å². The molecule has 0 aliphatic heterocycles. The fraction of sp³-hybridized carbons (Fsp3) is 0.385. The first-order valence-electron chi connectivity index (χ1n) is 5.45. The Labute approximate surface area is 103 Å². The number of hydrogen-bond acceptors (Lipinski definition) is 2. The summed E-state index contributed by atoms with van der Waals surface area (Å²) >= 11 is 6.10. The molecule has 2 rings (SSSR count). The number of aryl methyl sites for hydroxylation is 1. The summed E-state index contributed by atoms with van der Waals surface area (Å²) < 4.78 is 1.35. The Morgan fingerprint density at radius 3 is 2.20 bits per heavy atom. The average molecular weight is 240 g/mol. The summed E-state index contributed by atoms with van der Waals surface area (Å²) in [5.74, 6) is 0. The van der Waals surface area contributed by atoms with Crippen molar-refractivity contribution in [1.29, 1.82) is 0 Å². The minimum atomic E-state index is 1.04. The minimum absolute atomic E-state index is 1.04. The van der Waals surface area contributed by atoms with Crippen LogP contribution < -0.4 is 0 Å². The lowest BCUT2D eigenvalue weighted by Crippen LogP contribution is -1.62. The van der Waals surface area contributed by atoms with E-state index in [1.807, 2.05) is 45.1 Å². The molecule has 1 heterocycles. The van der Waals surface area contributed by atoms with Gasteiger partial charge in [0.25, 0.3) is 0 Å². The lowest BCUT2D eigenvalue weighted by molar-refractivity contribution is 1.50. The molecule has 0 unspecified atom stereocenters. The van der Waals surface area contributed by atoms with E-state index >= 15 is 0 Å². The van der Waals surface area contributed by atoms with Crippen molar-refractivity contribution < 1.29 is 0 Å². The molecule has 0 spiro atoms. The molecular weight excluding hydrogens is 220 g/mol. The van der Waals surface area contributed by atoms with E-state index in [-0.39, 0.29) is 0 Å². The summed E-state index contributed by atoms with van der Waals surface area (Å²) in [6.07, 6.45) is 0. The van der Waals surface area contributed by atoms with E-state index < -0.39 is 0 Å². The zero-order valence-electron chi connectivity index (χ0n) is 10.2. The highest BCUT2D eigenvalue weighted by atomic mass is 32.1. The van der Waals surface area contributed by atoms with Crippen LogP contribution in [0.2, 0.25) is 0 Å². The van der Waals surface area contributed by atoms with Gasteiger partial charge in [0, 0.05) is 14.5 Å². The number of benzene rings is 1. The molecule has 0 atom stereocenters. The Morgan fingerprint density at radius 2 is 1.60 bits per heavy atom. The van der Waals surface area contributed by atoms with Crippen LogP contribution in [0.5, 0.6) is 0 Å². The Kier molecular flexibility index (Phi) is 7.53. The maximum absolute atomic E-state index is 4.27. The van der Waals surface area contributed by atoms with E-state index in [4.69, 9.17) is 0 Å². The average Bonchev–Trinajstić information content (AvgIpc) is 2.63. The molecule has 0 nitrogen and oxygen atoms in total. The van der Waals surface area contributed by atoms with Gasteiger partial charge in [0.2, 0.25) is 0 Å². The SMILES string of the molecule is CC.CC.Cc1cc2cc(S)ccc2s1. The van der Waals surface area contributed by atoms with Crippen LogP contribution in [0.15, 0.2) is 29.2 Å². The van der Waals surface area contributed by atoms with Crippen LogP contribution in [0, 0.1) is 6.92 Å². The van der Waals surface area contributed by atoms with Crippen molar-refractivity contribution in [2.24, 2.45) is 0 Å². The smallest absolute Gasteiger partial charge is 0.0346 e. The first kappa shape index (κ1) is 14.5. The Bertz CT molecular complexity index is 388. The molecule has 0 radical (unpaired) electrons. The third kappa shape index (κ3) is 4.27. The molecule has 0 fully saturated rings. The van der Waals surface area contributed by atoms with Gasteiger partial charge in [0.05, 0.1) is 0 Å². The van der Waals surface area contributed by atoms with E-state index in [1.54, 1.807) is 0 Å². The van der Waals surface area contributed by atoms with Crippen LogP contribution in [-0.4, -0.2) is 0 Å². The second-order valence-corrected chi connectivity index (χ2v) is 4.38. The number of hydrogen-bond donors (Lipinski definition) is 1. The second-order valence-electron chi connectivity index (χ2n) is 2.58. The van der Waals surface area contributed by atoms with E-state index in [1.165, 1.54) is 15.0 Å². The van der Waals surface area contributed by atoms with Gasteiger partial charge in [0.1, 0.15) is 0 Å². The molecule has 0 amide bonds. The van der Waals surface area contributed by atoms with Gasteiger partial charge in [0.15, 0.2) is 0 Å². The fourth-order valence-corrected chi connectivity index (χ4v) is 2.28. The van der Waals surface area contributed by atoms with Gasteiger partial charge in [-0.15, -0.1) is 24.0 Å². The lowest BCUT2D eigenvalue weighted by Gasteiger charge is -1.89. The minimum Gasteiger partial charge on any atom is -0.143 e. The number of thiophene rings is 1. The van der Waals surface area contributed by atoms with E-state index in [0.717, 1.165) is 4.90 Å². The molecule has 0 aliphatic rings. The van der Waals surface area contributed by atoms with E-state index in [9.17, 15) is 0 Å². The fourth-order valence-electron chi connectivity index (χ4n) is 1.16. The summed E-state index contributed by atoms with van der Waals surface area (Å²) in [5.41, 5.74) is 0. The molecule has 2 aromatic rings. The van der Waals surface area contributed by atoms with Crippen LogP contribution >= 0.6 is 24.0 Å². The quantitative estimate of drug-likeness (QED) is 0.573. The summed E-state index contributed by atoms with van der Waals surface area (Å²) in [6.45, 7) is 10.1. The molecule has 0 bridgehead atoms. The summed E-state index contributed by atoms with van der Waals surface area (Å²) in [5, 5.41) is 1.31. The molecule has 0 aliphatic carbocycles. The van der Waals surface area contributed by atoms with Gasteiger partial charge >= 0.3 is 0 Å². The van der Waals surface area contributed by atoms with Gasteiger partial charge in [-0.3, -0.25) is 0 Å². The first-order valence-corrected chi connectivity index (χ1v) is 6.71. The number of fused-ring (bicyclic) bond motifs is 1. The molecular formula is C13H20S2. The Hall–Kier alpha value is -0.470. The second kappa shape index (κ2) is 7.77. The molecule has 84 valence electrons. The van der Waals surface area contributed by atoms with Crippen LogP contribution in [0.4, 0.5) is 0 Å². The number of rotatable bonds is 0. The predicted molar refractivity (Wildman–Crippen MR) is 76.5 cm³/mol. The third-order valence-corrected chi connectivity index (χ3v) is 2.93. The largest absolute Gasteiger partial charge is 0.143 e. The molecule has 0 saturated carbocycles.